The van der Waals surface area contributed by atoms with Crippen molar-refractivity contribution in [3.8, 4) is 11.8 Å². The van der Waals surface area contributed by atoms with Gasteiger partial charge in [0.15, 0.2) is 0 Å². The van der Waals surface area contributed by atoms with Crippen molar-refractivity contribution in [1.82, 2.24) is 10.3 Å². The predicted octanol–water partition coefficient (Wildman–Crippen LogP) is 1.66. The molecule has 0 aliphatic heterocycles. The number of pyridine rings is 1. The first-order valence-electron chi connectivity index (χ1n) is 6.59. The van der Waals surface area contributed by atoms with E-state index in [1.807, 2.05) is 25.1 Å². The molecule has 0 radical (unpaired) electrons. The summed E-state index contributed by atoms with van der Waals surface area (Å²) in [6.07, 6.45) is 0. The molecule has 108 valence electrons. The number of hydrogen-bond acceptors (Lipinski definition) is 5. The number of benzene rings is 1. The SMILES string of the molecule is CC(CO)(NCc1cccc(C#N)n1)c1cccc(O)c1. The van der Waals surface area contributed by atoms with Crippen LogP contribution in [0.1, 0.15) is 23.9 Å². The Labute approximate surface area is 123 Å². The topological polar surface area (TPSA) is 89.2 Å². The number of nitrogens with zero attached hydrogens (tertiary/aromatic N) is 2. The van der Waals surface area contributed by atoms with Crippen molar-refractivity contribution in [2.75, 3.05) is 6.61 Å². The third kappa shape index (κ3) is 3.57. The van der Waals surface area contributed by atoms with Gasteiger partial charge in [-0.25, -0.2) is 4.98 Å². The Morgan fingerprint density at radius 2 is 2.05 bits per heavy atom. The van der Waals surface area contributed by atoms with Gasteiger partial charge in [0.2, 0.25) is 0 Å². The second kappa shape index (κ2) is 6.35. The molecular formula is C16H17N3O2. The molecule has 5 heteroatoms. The Morgan fingerprint density at radius 1 is 1.29 bits per heavy atom. The Balaban J connectivity index is 2.17. The van der Waals surface area contributed by atoms with Crippen LogP contribution in [0.5, 0.6) is 5.75 Å². The molecule has 2 aromatic rings. The quantitative estimate of drug-likeness (QED) is 0.776. The summed E-state index contributed by atoms with van der Waals surface area (Å²) in [5.74, 6) is 0.151. The summed E-state index contributed by atoms with van der Waals surface area (Å²) in [4.78, 5) is 4.19. The van der Waals surface area contributed by atoms with Crippen LogP contribution in [0.25, 0.3) is 0 Å². The lowest BCUT2D eigenvalue weighted by Gasteiger charge is -2.29. The molecule has 1 aromatic carbocycles. The molecule has 1 atom stereocenters. The monoisotopic (exact) mass is 283 g/mol. The highest BCUT2D eigenvalue weighted by molar-refractivity contribution is 5.32. The Bertz CT molecular complexity index is 667. The second-order valence-electron chi connectivity index (χ2n) is 5.02. The highest BCUT2D eigenvalue weighted by Crippen LogP contribution is 2.24. The van der Waals surface area contributed by atoms with Crippen LogP contribution in [0.4, 0.5) is 0 Å². The van der Waals surface area contributed by atoms with Crippen LogP contribution < -0.4 is 5.32 Å². The van der Waals surface area contributed by atoms with Crippen molar-refractivity contribution in [2.45, 2.75) is 19.0 Å². The second-order valence-corrected chi connectivity index (χ2v) is 5.02. The minimum absolute atomic E-state index is 0.131. The van der Waals surface area contributed by atoms with Gasteiger partial charge in [-0.3, -0.25) is 0 Å². The van der Waals surface area contributed by atoms with E-state index < -0.39 is 5.54 Å². The summed E-state index contributed by atoms with van der Waals surface area (Å²) in [6.45, 7) is 2.12. The number of phenolic OH excluding ortho intramolecular Hbond substituents is 1. The standard InChI is InChI=1S/C16H17N3O2/c1-16(11-20,12-4-2-7-15(21)8-12)18-10-14-6-3-5-13(9-17)19-14/h2-8,18,20-21H,10-11H2,1H3. The van der Waals surface area contributed by atoms with Gasteiger partial charge in [-0.1, -0.05) is 18.2 Å². The molecule has 21 heavy (non-hydrogen) atoms. The molecule has 1 unspecified atom stereocenters. The van der Waals surface area contributed by atoms with Gasteiger partial charge in [-0.05, 0) is 36.8 Å². The summed E-state index contributed by atoms with van der Waals surface area (Å²) in [5.41, 5.74) is 1.15. The van der Waals surface area contributed by atoms with E-state index in [-0.39, 0.29) is 12.4 Å². The fraction of sp³-hybridized carbons (Fsp3) is 0.250. The van der Waals surface area contributed by atoms with Crippen LogP contribution in [0.3, 0.4) is 0 Å². The number of aliphatic hydroxyl groups excluding tert-OH is 1. The van der Waals surface area contributed by atoms with E-state index in [9.17, 15) is 10.2 Å². The van der Waals surface area contributed by atoms with Gasteiger partial charge in [0.25, 0.3) is 0 Å². The fourth-order valence-corrected chi connectivity index (χ4v) is 2.02. The van der Waals surface area contributed by atoms with Crippen molar-refractivity contribution in [3.63, 3.8) is 0 Å². The molecule has 1 aromatic heterocycles. The molecule has 0 bridgehead atoms. The number of aromatic nitrogens is 1. The Morgan fingerprint density at radius 3 is 2.71 bits per heavy atom. The summed E-state index contributed by atoms with van der Waals surface area (Å²) >= 11 is 0. The van der Waals surface area contributed by atoms with Gasteiger partial charge < -0.3 is 15.5 Å². The molecule has 0 fully saturated rings. The van der Waals surface area contributed by atoms with E-state index in [1.54, 1.807) is 30.3 Å². The maximum Gasteiger partial charge on any atom is 0.140 e. The highest BCUT2D eigenvalue weighted by Gasteiger charge is 2.25. The molecule has 3 N–H and O–H groups in total. The maximum atomic E-state index is 9.69. The molecule has 0 saturated carbocycles. The molecule has 0 aliphatic carbocycles. The zero-order valence-electron chi connectivity index (χ0n) is 11.7. The third-order valence-corrected chi connectivity index (χ3v) is 3.38. The largest absolute Gasteiger partial charge is 0.508 e. The predicted molar refractivity (Wildman–Crippen MR) is 78.3 cm³/mol. The molecule has 0 amide bonds. The van der Waals surface area contributed by atoms with Crippen molar-refractivity contribution in [3.05, 3.63) is 59.4 Å². The number of nitriles is 1. The molecular weight excluding hydrogens is 266 g/mol. The van der Waals surface area contributed by atoms with E-state index in [2.05, 4.69) is 10.3 Å². The van der Waals surface area contributed by atoms with Gasteiger partial charge in [0.05, 0.1) is 17.8 Å². The average Bonchev–Trinajstić information content (AvgIpc) is 2.53. The lowest BCUT2D eigenvalue weighted by Crippen LogP contribution is -2.42. The van der Waals surface area contributed by atoms with Crippen molar-refractivity contribution < 1.29 is 10.2 Å². The van der Waals surface area contributed by atoms with Crippen LogP contribution in [0.2, 0.25) is 0 Å². The lowest BCUT2D eigenvalue weighted by atomic mass is 9.92. The number of aliphatic hydroxyl groups is 1. The average molecular weight is 283 g/mol. The van der Waals surface area contributed by atoms with E-state index in [0.29, 0.717) is 17.9 Å². The summed E-state index contributed by atoms with van der Waals surface area (Å²) < 4.78 is 0. The van der Waals surface area contributed by atoms with E-state index in [0.717, 1.165) is 5.56 Å². The molecule has 0 saturated heterocycles. The zero-order chi connectivity index (χ0) is 15.3. The molecule has 2 rings (SSSR count). The van der Waals surface area contributed by atoms with Gasteiger partial charge >= 0.3 is 0 Å². The van der Waals surface area contributed by atoms with Crippen molar-refractivity contribution >= 4 is 0 Å². The first kappa shape index (κ1) is 15.0. The fourth-order valence-electron chi connectivity index (χ4n) is 2.02. The van der Waals surface area contributed by atoms with Crippen LogP contribution in [-0.2, 0) is 12.1 Å². The van der Waals surface area contributed by atoms with Gasteiger partial charge in [0.1, 0.15) is 17.5 Å². The van der Waals surface area contributed by atoms with Crippen molar-refractivity contribution in [2.24, 2.45) is 0 Å². The minimum atomic E-state index is -0.705. The first-order chi connectivity index (χ1) is 10.1. The number of rotatable bonds is 5. The smallest absolute Gasteiger partial charge is 0.140 e. The first-order valence-corrected chi connectivity index (χ1v) is 6.59. The van der Waals surface area contributed by atoms with E-state index in [4.69, 9.17) is 5.26 Å². The van der Waals surface area contributed by atoms with E-state index >= 15 is 0 Å². The van der Waals surface area contributed by atoms with Crippen LogP contribution in [-0.4, -0.2) is 21.8 Å². The highest BCUT2D eigenvalue weighted by atomic mass is 16.3. The lowest BCUT2D eigenvalue weighted by molar-refractivity contribution is 0.173. The minimum Gasteiger partial charge on any atom is -0.508 e. The van der Waals surface area contributed by atoms with Gasteiger partial charge in [-0.15, -0.1) is 0 Å². The van der Waals surface area contributed by atoms with E-state index in [1.165, 1.54) is 0 Å². The third-order valence-electron chi connectivity index (χ3n) is 3.38. The molecule has 0 aliphatic rings. The Hall–Kier alpha value is -2.42. The van der Waals surface area contributed by atoms with Crippen LogP contribution in [0.15, 0.2) is 42.5 Å². The Kier molecular flexibility index (Phi) is 4.53. The molecule has 1 heterocycles. The zero-order valence-corrected chi connectivity index (χ0v) is 11.7. The summed E-state index contributed by atoms with van der Waals surface area (Å²) in [5, 5.41) is 31.3. The normalized spacial score (nSPS) is 13.4. The van der Waals surface area contributed by atoms with Crippen molar-refractivity contribution in [1.29, 1.82) is 5.26 Å². The number of phenols is 1. The number of aromatic hydroxyl groups is 1. The number of nitrogens with one attached hydrogen (secondary N) is 1. The summed E-state index contributed by atoms with van der Waals surface area (Å²) in [6, 6.07) is 14.0. The number of hydrogen-bond donors (Lipinski definition) is 3. The molecule has 0 spiro atoms. The molecule has 5 nitrogen and oxygen atoms in total. The summed E-state index contributed by atoms with van der Waals surface area (Å²) in [7, 11) is 0. The maximum absolute atomic E-state index is 9.69. The van der Waals surface area contributed by atoms with Gasteiger partial charge in [-0.2, -0.15) is 5.26 Å². The van der Waals surface area contributed by atoms with Gasteiger partial charge in [0, 0.05) is 6.54 Å². The van der Waals surface area contributed by atoms with Crippen LogP contribution in [0, 0.1) is 11.3 Å². The van der Waals surface area contributed by atoms with Crippen LogP contribution >= 0.6 is 0 Å².